The van der Waals surface area contributed by atoms with E-state index in [2.05, 4.69) is 10.3 Å². The molecule has 3 rings (SSSR count). The Hall–Kier alpha value is -2.89. The zero-order valence-corrected chi connectivity index (χ0v) is 14.1. The monoisotopic (exact) mass is 339 g/mol. The van der Waals surface area contributed by atoms with Crippen LogP contribution >= 0.6 is 0 Å². The topological polar surface area (TPSA) is 71.5 Å². The second-order valence-corrected chi connectivity index (χ2v) is 6.00. The molecule has 6 nitrogen and oxygen atoms in total. The Bertz CT molecular complexity index is 721. The lowest BCUT2D eigenvalue weighted by atomic mass is 10.1. The summed E-state index contributed by atoms with van der Waals surface area (Å²) in [6.07, 6.45) is 3.81. The number of likely N-dealkylation sites (tertiary alicyclic amines) is 1. The summed E-state index contributed by atoms with van der Waals surface area (Å²) in [5.41, 5.74) is 0.930. The Morgan fingerprint density at radius 1 is 1.24 bits per heavy atom. The number of aromatic nitrogens is 1. The van der Waals surface area contributed by atoms with Gasteiger partial charge in [-0.25, -0.2) is 0 Å². The van der Waals surface area contributed by atoms with Crippen LogP contribution in [-0.4, -0.2) is 47.4 Å². The number of ether oxygens (including phenoxy) is 1. The molecular weight excluding hydrogens is 318 g/mol. The van der Waals surface area contributed by atoms with Crippen molar-refractivity contribution in [3.8, 4) is 5.75 Å². The largest absolute Gasteiger partial charge is 0.487 e. The van der Waals surface area contributed by atoms with E-state index in [4.69, 9.17) is 4.74 Å². The Kier molecular flexibility index (Phi) is 5.28. The highest BCUT2D eigenvalue weighted by Crippen LogP contribution is 2.24. The lowest BCUT2D eigenvalue weighted by Gasteiger charge is -2.23. The zero-order chi connectivity index (χ0) is 17.6. The number of likely N-dealkylation sites (N-methyl/N-ethyl adjacent to an activating group) is 1. The highest BCUT2D eigenvalue weighted by molar-refractivity contribution is 5.89. The second kappa shape index (κ2) is 7.79. The van der Waals surface area contributed by atoms with Crippen molar-refractivity contribution in [3.05, 3.63) is 60.4 Å². The highest BCUT2D eigenvalue weighted by atomic mass is 16.5. The molecule has 2 amide bonds. The Morgan fingerprint density at radius 2 is 2.04 bits per heavy atom. The van der Waals surface area contributed by atoms with Crippen molar-refractivity contribution in [1.29, 1.82) is 0 Å². The molecule has 25 heavy (non-hydrogen) atoms. The smallest absolute Gasteiger partial charge is 0.242 e. The standard InChI is InChI=1S/C19H21N3O3/c1-20-19(24)17-11-16(25-15-8-5-9-21-12-15)13-22(17)18(23)10-14-6-3-2-4-7-14/h2-9,12,16-17H,10-11,13H2,1H3,(H,20,24)/t16-,17-/m0/s1. The van der Waals surface area contributed by atoms with E-state index in [0.717, 1.165) is 5.56 Å². The number of nitrogens with zero attached hydrogens (tertiary/aromatic N) is 2. The maximum absolute atomic E-state index is 12.7. The minimum atomic E-state index is -0.511. The first-order valence-electron chi connectivity index (χ1n) is 8.29. The second-order valence-electron chi connectivity index (χ2n) is 6.00. The van der Waals surface area contributed by atoms with E-state index in [9.17, 15) is 9.59 Å². The van der Waals surface area contributed by atoms with Crippen molar-refractivity contribution >= 4 is 11.8 Å². The summed E-state index contributed by atoms with van der Waals surface area (Å²) in [5.74, 6) is 0.399. The number of carbonyl (C=O) groups is 2. The third-order valence-corrected chi connectivity index (χ3v) is 4.27. The molecule has 1 saturated heterocycles. The molecule has 1 fully saturated rings. The molecule has 0 radical (unpaired) electrons. The summed E-state index contributed by atoms with van der Waals surface area (Å²) in [6.45, 7) is 0.388. The predicted molar refractivity (Wildman–Crippen MR) is 93.0 cm³/mol. The van der Waals surface area contributed by atoms with Crippen molar-refractivity contribution in [2.45, 2.75) is 25.0 Å². The zero-order valence-electron chi connectivity index (χ0n) is 14.1. The predicted octanol–water partition coefficient (Wildman–Crippen LogP) is 1.42. The molecule has 0 saturated carbocycles. The van der Waals surface area contributed by atoms with Crippen molar-refractivity contribution in [2.24, 2.45) is 0 Å². The van der Waals surface area contributed by atoms with Crippen LogP contribution in [0.5, 0.6) is 5.75 Å². The van der Waals surface area contributed by atoms with Crippen molar-refractivity contribution in [1.82, 2.24) is 15.2 Å². The van der Waals surface area contributed by atoms with Crippen molar-refractivity contribution in [2.75, 3.05) is 13.6 Å². The minimum absolute atomic E-state index is 0.0721. The molecule has 2 aromatic rings. The number of benzene rings is 1. The van der Waals surface area contributed by atoms with Gasteiger partial charge in [-0.05, 0) is 17.7 Å². The van der Waals surface area contributed by atoms with Crippen LogP contribution in [0.4, 0.5) is 0 Å². The fourth-order valence-electron chi connectivity index (χ4n) is 3.05. The van der Waals surface area contributed by atoms with E-state index < -0.39 is 6.04 Å². The summed E-state index contributed by atoms with van der Waals surface area (Å²) < 4.78 is 5.89. The van der Waals surface area contributed by atoms with Crippen molar-refractivity contribution in [3.63, 3.8) is 0 Å². The number of amides is 2. The van der Waals surface area contributed by atoms with Crippen LogP contribution in [-0.2, 0) is 16.0 Å². The lowest BCUT2D eigenvalue weighted by molar-refractivity contribution is -0.137. The lowest BCUT2D eigenvalue weighted by Crippen LogP contribution is -2.45. The first-order valence-corrected chi connectivity index (χ1v) is 8.29. The molecule has 1 aromatic heterocycles. The van der Waals surface area contributed by atoms with Crippen LogP contribution in [0.25, 0.3) is 0 Å². The molecule has 1 aliphatic heterocycles. The van der Waals surface area contributed by atoms with E-state index in [0.29, 0.717) is 18.7 Å². The SMILES string of the molecule is CNC(=O)[C@@H]1C[C@H](Oc2cccnc2)CN1C(=O)Cc1ccccc1. The van der Waals surface area contributed by atoms with E-state index in [-0.39, 0.29) is 24.3 Å². The fraction of sp³-hybridized carbons (Fsp3) is 0.316. The fourth-order valence-corrected chi connectivity index (χ4v) is 3.05. The van der Waals surface area contributed by atoms with Crippen LogP contribution in [0.15, 0.2) is 54.9 Å². The average Bonchev–Trinajstić information content (AvgIpc) is 3.07. The molecular formula is C19H21N3O3. The van der Waals surface area contributed by atoms with E-state index in [1.54, 1.807) is 30.4 Å². The van der Waals surface area contributed by atoms with E-state index >= 15 is 0 Å². The van der Waals surface area contributed by atoms with Crippen molar-refractivity contribution < 1.29 is 14.3 Å². The van der Waals surface area contributed by atoms with Gasteiger partial charge in [-0.15, -0.1) is 0 Å². The van der Waals surface area contributed by atoms with Gasteiger partial charge in [-0.2, -0.15) is 0 Å². The Labute approximate surface area is 146 Å². The summed E-state index contributed by atoms with van der Waals surface area (Å²) in [5, 5.41) is 2.64. The van der Waals surface area contributed by atoms with Gasteiger partial charge in [0.25, 0.3) is 0 Å². The summed E-state index contributed by atoms with van der Waals surface area (Å²) in [4.78, 5) is 30.6. The molecule has 1 aliphatic rings. The summed E-state index contributed by atoms with van der Waals surface area (Å²) in [6, 6.07) is 12.6. The molecule has 130 valence electrons. The van der Waals surface area contributed by atoms with Gasteiger partial charge in [-0.3, -0.25) is 14.6 Å². The number of carbonyl (C=O) groups excluding carboxylic acids is 2. The Morgan fingerprint density at radius 3 is 2.72 bits per heavy atom. The number of pyridine rings is 1. The molecule has 2 atom stereocenters. The molecule has 0 bridgehead atoms. The molecule has 0 unspecified atom stereocenters. The first-order chi connectivity index (χ1) is 12.2. The number of hydrogen-bond donors (Lipinski definition) is 1. The maximum atomic E-state index is 12.7. The van der Waals surface area contributed by atoms with Crippen LogP contribution < -0.4 is 10.1 Å². The number of hydrogen-bond acceptors (Lipinski definition) is 4. The number of rotatable bonds is 5. The molecule has 6 heteroatoms. The minimum Gasteiger partial charge on any atom is -0.487 e. The van der Waals surface area contributed by atoms with Gasteiger partial charge in [0.2, 0.25) is 11.8 Å². The summed E-state index contributed by atoms with van der Waals surface area (Å²) in [7, 11) is 1.58. The van der Waals surface area contributed by atoms with Crippen LogP contribution in [0.2, 0.25) is 0 Å². The summed E-state index contributed by atoms with van der Waals surface area (Å²) >= 11 is 0. The van der Waals surface area contributed by atoms with Gasteiger partial charge < -0.3 is 15.0 Å². The first kappa shape index (κ1) is 17.0. The van der Waals surface area contributed by atoms with Crippen LogP contribution in [0.1, 0.15) is 12.0 Å². The van der Waals surface area contributed by atoms with Gasteiger partial charge in [0.1, 0.15) is 17.9 Å². The van der Waals surface area contributed by atoms with Gasteiger partial charge in [-0.1, -0.05) is 30.3 Å². The number of nitrogens with one attached hydrogen (secondary N) is 1. The third kappa shape index (κ3) is 4.15. The van der Waals surface area contributed by atoms with E-state index in [1.165, 1.54) is 0 Å². The maximum Gasteiger partial charge on any atom is 0.242 e. The quantitative estimate of drug-likeness (QED) is 0.894. The molecule has 1 aromatic carbocycles. The van der Waals surface area contributed by atoms with Crippen LogP contribution in [0.3, 0.4) is 0 Å². The van der Waals surface area contributed by atoms with Crippen LogP contribution in [0, 0.1) is 0 Å². The average molecular weight is 339 g/mol. The molecule has 1 N–H and O–H groups in total. The van der Waals surface area contributed by atoms with Gasteiger partial charge in [0.05, 0.1) is 19.2 Å². The Balaban J connectivity index is 1.71. The third-order valence-electron chi connectivity index (χ3n) is 4.27. The van der Waals surface area contributed by atoms with Gasteiger partial charge in [0, 0.05) is 19.7 Å². The molecule has 0 aliphatic carbocycles. The normalized spacial score (nSPS) is 19.5. The highest BCUT2D eigenvalue weighted by Gasteiger charge is 2.40. The van der Waals surface area contributed by atoms with E-state index in [1.807, 2.05) is 36.4 Å². The van der Waals surface area contributed by atoms with Gasteiger partial charge >= 0.3 is 0 Å². The van der Waals surface area contributed by atoms with Gasteiger partial charge in [0.15, 0.2) is 0 Å². The molecule has 2 heterocycles. The molecule has 0 spiro atoms.